The van der Waals surface area contributed by atoms with Crippen LogP contribution in [0.2, 0.25) is 0 Å². The molecule has 0 bridgehead atoms. The van der Waals surface area contributed by atoms with Gasteiger partial charge in [0.05, 0.1) is 13.0 Å². The van der Waals surface area contributed by atoms with E-state index in [4.69, 9.17) is 10.3 Å². The minimum atomic E-state index is -3.77. The van der Waals surface area contributed by atoms with Gasteiger partial charge in [-0.15, -0.1) is 0 Å². The summed E-state index contributed by atoms with van der Waals surface area (Å²) < 4.78 is 31.7. The fourth-order valence-corrected chi connectivity index (χ4v) is 4.66. The van der Waals surface area contributed by atoms with Crippen molar-refractivity contribution in [3.8, 4) is 0 Å². The molecular weight excluding hydrogens is 398 g/mol. The van der Waals surface area contributed by atoms with Gasteiger partial charge in [0.2, 0.25) is 15.9 Å². The lowest BCUT2D eigenvalue weighted by Crippen LogP contribution is -2.43. The van der Waals surface area contributed by atoms with E-state index in [1.54, 1.807) is 0 Å². The standard InChI is InChI=1S/C18H31N5O5S/c19-10-15(11-20)29(26,27)21-12-16-22-18(28-23-16)14(9-17(24)25)8-4-7-13-5-2-1-3-6-13/h10,13-14,21H,1-9,11-12,19-20H2,(H,24,25)/p+1. The number of carboxylic acid groups (broad SMARTS) is 1. The molecule has 2 rings (SSSR count). The molecule has 1 atom stereocenters. The molecule has 7 N–H and O–H groups in total. The van der Waals surface area contributed by atoms with Gasteiger partial charge in [0.1, 0.15) is 11.1 Å². The maximum atomic E-state index is 12.1. The molecule has 0 radical (unpaired) electrons. The van der Waals surface area contributed by atoms with Crippen molar-refractivity contribution < 1.29 is 28.6 Å². The smallest absolute Gasteiger partial charge is 0.304 e. The Kier molecular flexibility index (Phi) is 9.21. The molecule has 0 amide bonds. The number of aliphatic carboxylic acids is 1. The van der Waals surface area contributed by atoms with E-state index in [1.807, 2.05) is 0 Å². The SMILES string of the molecule is NCC(=C[NH3+])S(=O)(=O)NCc1noc(C(CCCC2CCCCC2)CC(=O)O)n1. The summed E-state index contributed by atoms with van der Waals surface area (Å²) in [6.45, 7) is -0.344. The summed E-state index contributed by atoms with van der Waals surface area (Å²) in [5.74, 6) is -0.210. The number of hydrogen-bond donors (Lipinski definition) is 4. The van der Waals surface area contributed by atoms with E-state index in [-0.39, 0.29) is 42.0 Å². The number of sulfonamides is 1. The summed E-state index contributed by atoms with van der Waals surface area (Å²) in [6.07, 6.45) is 10.1. The second-order valence-electron chi connectivity index (χ2n) is 7.48. The molecule has 0 spiro atoms. The summed E-state index contributed by atoms with van der Waals surface area (Å²) in [5.41, 5.74) is 8.82. The maximum absolute atomic E-state index is 12.1. The Bertz CT molecular complexity index is 786. The van der Waals surface area contributed by atoms with Gasteiger partial charge < -0.3 is 21.1 Å². The molecule has 164 valence electrons. The summed E-state index contributed by atoms with van der Waals surface area (Å²) in [7, 11) is -3.77. The van der Waals surface area contributed by atoms with Crippen LogP contribution in [0, 0.1) is 5.92 Å². The van der Waals surface area contributed by atoms with Crippen LogP contribution in [0.25, 0.3) is 0 Å². The van der Waals surface area contributed by atoms with Crippen molar-refractivity contribution >= 4 is 16.0 Å². The Morgan fingerprint density at radius 3 is 2.72 bits per heavy atom. The number of nitrogens with one attached hydrogen (secondary N) is 1. The van der Waals surface area contributed by atoms with Crippen LogP contribution in [0.1, 0.15) is 75.4 Å². The molecule has 1 unspecified atom stereocenters. The number of nitrogens with two attached hydrogens (primary N) is 1. The van der Waals surface area contributed by atoms with Crippen LogP contribution in [0.5, 0.6) is 0 Å². The van der Waals surface area contributed by atoms with Crippen LogP contribution < -0.4 is 16.2 Å². The second-order valence-corrected chi connectivity index (χ2v) is 9.30. The molecule has 0 aliphatic heterocycles. The third kappa shape index (κ3) is 7.50. The lowest BCUT2D eigenvalue weighted by atomic mass is 9.84. The first-order valence-corrected chi connectivity index (χ1v) is 11.6. The molecule has 0 aromatic carbocycles. The molecule has 1 aliphatic carbocycles. The van der Waals surface area contributed by atoms with E-state index in [0.29, 0.717) is 6.42 Å². The highest BCUT2D eigenvalue weighted by Crippen LogP contribution is 2.31. The molecular formula is C18H32N5O5S+. The Morgan fingerprint density at radius 2 is 2.10 bits per heavy atom. The van der Waals surface area contributed by atoms with E-state index >= 15 is 0 Å². The molecule has 1 fully saturated rings. The van der Waals surface area contributed by atoms with Crippen LogP contribution in [0.4, 0.5) is 0 Å². The van der Waals surface area contributed by atoms with Crippen LogP contribution in [-0.4, -0.2) is 36.2 Å². The first kappa shape index (κ1) is 23.5. The predicted molar refractivity (Wildman–Crippen MR) is 106 cm³/mol. The van der Waals surface area contributed by atoms with E-state index < -0.39 is 16.0 Å². The number of carboxylic acids is 1. The van der Waals surface area contributed by atoms with Gasteiger partial charge in [0.25, 0.3) is 0 Å². The van der Waals surface area contributed by atoms with Crippen molar-refractivity contribution in [2.75, 3.05) is 6.54 Å². The molecule has 1 aliphatic rings. The first-order chi connectivity index (χ1) is 13.9. The predicted octanol–water partition coefficient (Wildman–Crippen LogP) is 0.840. The molecule has 10 nitrogen and oxygen atoms in total. The van der Waals surface area contributed by atoms with Gasteiger partial charge in [-0.25, -0.2) is 13.1 Å². The van der Waals surface area contributed by atoms with E-state index in [0.717, 1.165) is 18.8 Å². The monoisotopic (exact) mass is 430 g/mol. The molecule has 1 aromatic heterocycles. The van der Waals surface area contributed by atoms with Crippen molar-refractivity contribution in [1.29, 1.82) is 0 Å². The second kappa shape index (κ2) is 11.4. The fourth-order valence-electron chi connectivity index (χ4n) is 3.71. The lowest BCUT2D eigenvalue weighted by Gasteiger charge is -2.21. The Hall–Kier alpha value is -1.82. The van der Waals surface area contributed by atoms with Crippen LogP contribution in [0.3, 0.4) is 0 Å². The molecule has 0 saturated heterocycles. The van der Waals surface area contributed by atoms with Gasteiger partial charge in [0.15, 0.2) is 5.82 Å². The van der Waals surface area contributed by atoms with Crippen molar-refractivity contribution in [3.63, 3.8) is 0 Å². The van der Waals surface area contributed by atoms with Gasteiger partial charge >= 0.3 is 5.97 Å². The number of aromatic nitrogens is 2. The van der Waals surface area contributed by atoms with Crippen molar-refractivity contribution in [2.24, 2.45) is 11.7 Å². The molecule has 1 heterocycles. The van der Waals surface area contributed by atoms with Crippen molar-refractivity contribution in [1.82, 2.24) is 14.9 Å². The summed E-state index contributed by atoms with van der Waals surface area (Å²) >= 11 is 0. The highest BCUT2D eigenvalue weighted by atomic mass is 32.2. The highest BCUT2D eigenvalue weighted by Gasteiger charge is 2.24. The van der Waals surface area contributed by atoms with Crippen LogP contribution >= 0.6 is 0 Å². The minimum Gasteiger partial charge on any atom is -0.481 e. The third-order valence-electron chi connectivity index (χ3n) is 5.34. The average molecular weight is 431 g/mol. The first-order valence-electron chi connectivity index (χ1n) is 10.1. The number of quaternary nitrogens is 1. The quantitative estimate of drug-likeness (QED) is 0.377. The zero-order valence-corrected chi connectivity index (χ0v) is 17.5. The molecule has 29 heavy (non-hydrogen) atoms. The van der Waals surface area contributed by atoms with Gasteiger partial charge in [0, 0.05) is 12.5 Å². The Morgan fingerprint density at radius 1 is 1.38 bits per heavy atom. The zero-order chi connectivity index (χ0) is 21.3. The van der Waals surface area contributed by atoms with Gasteiger partial charge in [-0.1, -0.05) is 50.1 Å². The Labute approximate surface area is 171 Å². The normalized spacial score (nSPS) is 17.4. The van der Waals surface area contributed by atoms with Gasteiger partial charge in [-0.3, -0.25) is 4.79 Å². The lowest BCUT2D eigenvalue weighted by molar-refractivity contribution is -0.275. The summed E-state index contributed by atoms with van der Waals surface area (Å²) in [6, 6.07) is 0. The number of hydrogen-bond acceptors (Lipinski definition) is 7. The van der Waals surface area contributed by atoms with Crippen molar-refractivity contribution in [2.45, 2.75) is 70.3 Å². The number of rotatable bonds is 12. The van der Waals surface area contributed by atoms with E-state index in [9.17, 15) is 18.3 Å². The fraction of sp³-hybridized carbons (Fsp3) is 0.722. The Balaban J connectivity index is 1.94. The van der Waals surface area contributed by atoms with E-state index in [1.165, 1.54) is 38.3 Å². The summed E-state index contributed by atoms with van der Waals surface area (Å²) in [5, 5.41) is 13.0. The van der Waals surface area contributed by atoms with Crippen LogP contribution in [0.15, 0.2) is 15.6 Å². The largest absolute Gasteiger partial charge is 0.481 e. The average Bonchev–Trinajstić information content (AvgIpc) is 3.16. The topological polar surface area (TPSA) is 176 Å². The molecule has 1 saturated carbocycles. The van der Waals surface area contributed by atoms with Gasteiger partial charge in [-0.2, -0.15) is 4.98 Å². The van der Waals surface area contributed by atoms with Crippen LogP contribution in [-0.2, 0) is 21.4 Å². The van der Waals surface area contributed by atoms with Crippen molar-refractivity contribution in [3.05, 3.63) is 22.8 Å². The number of carbonyl (C=O) groups is 1. The zero-order valence-electron chi connectivity index (χ0n) is 16.7. The minimum absolute atomic E-state index is 0.0346. The summed E-state index contributed by atoms with van der Waals surface area (Å²) in [4.78, 5) is 15.4. The van der Waals surface area contributed by atoms with Gasteiger partial charge in [-0.05, 0) is 12.3 Å². The maximum Gasteiger partial charge on any atom is 0.304 e. The molecule has 1 aromatic rings. The highest BCUT2D eigenvalue weighted by molar-refractivity contribution is 7.93. The third-order valence-corrected chi connectivity index (χ3v) is 6.89. The number of nitrogens with zero attached hydrogens (tertiary/aromatic N) is 2. The van der Waals surface area contributed by atoms with E-state index in [2.05, 4.69) is 20.6 Å². The molecule has 11 heteroatoms.